The van der Waals surface area contributed by atoms with E-state index < -0.39 is 0 Å². The van der Waals surface area contributed by atoms with Crippen molar-refractivity contribution < 1.29 is 0 Å². The van der Waals surface area contributed by atoms with Gasteiger partial charge in [0.05, 0.1) is 11.9 Å². The van der Waals surface area contributed by atoms with E-state index in [0.717, 1.165) is 48.1 Å². The monoisotopic (exact) mass is 375 g/mol. The van der Waals surface area contributed by atoms with E-state index in [4.69, 9.17) is 5.73 Å². The second-order valence-corrected chi connectivity index (χ2v) is 8.63. The molecule has 0 radical (unpaired) electrons. The summed E-state index contributed by atoms with van der Waals surface area (Å²) < 4.78 is 0. The number of nitrogens with zero attached hydrogens (tertiary/aromatic N) is 5. The van der Waals surface area contributed by atoms with Crippen molar-refractivity contribution in [3.8, 4) is 0 Å². The average molecular weight is 376 g/mol. The molecule has 0 unspecified atom stereocenters. The molecule has 0 amide bonds. The van der Waals surface area contributed by atoms with Gasteiger partial charge < -0.3 is 16.0 Å². The number of piperidine rings is 1. The molecular weight excluding hydrogens is 354 g/mol. The minimum atomic E-state index is 0.490. The Morgan fingerprint density at radius 1 is 1.20 bits per heavy atom. The zero-order chi connectivity index (χ0) is 17.4. The number of aryl methyl sites for hydroxylation is 2. The lowest BCUT2D eigenvalue weighted by Gasteiger charge is -2.33. The van der Waals surface area contributed by atoms with Gasteiger partial charge in [0, 0.05) is 24.0 Å². The van der Waals surface area contributed by atoms with Gasteiger partial charge in [-0.25, -0.2) is 9.97 Å². The first-order chi connectivity index (χ1) is 12.1. The van der Waals surface area contributed by atoms with E-state index in [0.29, 0.717) is 11.2 Å². The van der Waals surface area contributed by atoms with Gasteiger partial charge in [-0.05, 0) is 32.3 Å². The van der Waals surface area contributed by atoms with Gasteiger partial charge in [0.2, 0.25) is 5.13 Å². The van der Waals surface area contributed by atoms with Crippen LogP contribution in [0.15, 0.2) is 6.33 Å². The highest BCUT2D eigenvalue weighted by Crippen LogP contribution is 2.35. The summed E-state index contributed by atoms with van der Waals surface area (Å²) in [6, 6.07) is 0.490. The van der Waals surface area contributed by atoms with Gasteiger partial charge in [0.15, 0.2) is 0 Å². The maximum atomic E-state index is 5.63. The van der Waals surface area contributed by atoms with Crippen LogP contribution in [0, 0.1) is 13.8 Å². The van der Waals surface area contributed by atoms with Gasteiger partial charge in [0.1, 0.15) is 22.0 Å². The normalized spacial score (nSPS) is 16.0. The maximum absolute atomic E-state index is 5.63. The number of nitrogens with one attached hydrogen (secondary N) is 1. The summed E-state index contributed by atoms with van der Waals surface area (Å²) in [5, 5.41) is 14.2. The summed E-state index contributed by atoms with van der Waals surface area (Å²) in [5.41, 5.74) is 6.94. The van der Waals surface area contributed by atoms with E-state index in [1.54, 1.807) is 17.7 Å². The van der Waals surface area contributed by atoms with Crippen LogP contribution in [0.4, 0.5) is 10.9 Å². The fourth-order valence-electron chi connectivity index (χ4n) is 3.27. The van der Waals surface area contributed by atoms with Crippen LogP contribution >= 0.6 is 22.7 Å². The third kappa shape index (κ3) is 3.31. The number of nitrogen functional groups attached to an aromatic ring is 1. The number of fused-ring (bicyclic) bond motifs is 1. The summed E-state index contributed by atoms with van der Waals surface area (Å²) in [6.45, 7) is 7.05. The average Bonchev–Trinajstić information content (AvgIpc) is 3.17. The Morgan fingerprint density at radius 3 is 2.72 bits per heavy atom. The molecule has 9 heteroatoms. The minimum Gasteiger partial charge on any atom is -0.374 e. The highest BCUT2D eigenvalue weighted by atomic mass is 32.1. The Kier molecular flexibility index (Phi) is 4.53. The molecule has 3 aromatic rings. The molecule has 7 nitrogen and oxygen atoms in total. The highest BCUT2D eigenvalue weighted by molar-refractivity contribution is 7.18. The predicted molar refractivity (Wildman–Crippen MR) is 103 cm³/mol. The predicted octanol–water partition coefficient (Wildman–Crippen LogP) is 2.50. The van der Waals surface area contributed by atoms with Crippen molar-refractivity contribution >= 4 is 43.8 Å². The van der Waals surface area contributed by atoms with E-state index in [-0.39, 0.29) is 0 Å². The quantitative estimate of drug-likeness (QED) is 0.724. The summed E-state index contributed by atoms with van der Waals surface area (Å²) in [6.07, 6.45) is 3.86. The Morgan fingerprint density at radius 2 is 2.00 bits per heavy atom. The molecule has 3 N–H and O–H groups in total. The molecule has 1 fully saturated rings. The van der Waals surface area contributed by atoms with Crippen molar-refractivity contribution in [2.45, 2.75) is 39.3 Å². The summed E-state index contributed by atoms with van der Waals surface area (Å²) in [4.78, 5) is 13.9. The number of hydrogen-bond acceptors (Lipinski definition) is 9. The fraction of sp³-hybridized carbons (Fsp3) is 0.500. The number of nitrogens with two attached hydrogens (primary N) is 1. The molecular formula is C16H21N7S2. The van der Waals surface area contributed by atoms with Crippen molar-refractivity contribution in [2.75, 3.05) is 23.7 Å². The van der Waals surface area contributed by atoms with Crippen molar-refractivity contribution in [1.82, 2.24) is 25.5 Å². The van der Waals surface area contributed by atoms with E-state index >= 15 is 0 Å². The van der Waals surface area contributed by atoms with Gasteiger partial charge >= 0.3 is 0 Å². The summed E-state index contributed by atoms with van der Waals surface area (Å²) in [7, 11) is 0. The van der Waals surface area contributed by atoms with Crippen LogP contribution in [0.5, 0.6) is 0 Å². The van der Waals surface area contributed by atoms with Gasteiger partial charge in [0.25, 0.3) is 0 Å². The molecule has 0 atom stereocenters. The van der Waals surface area contributed by atoms with Crippen LogP contribution in [0.25, 0.3) is 10.2 Å². The Bertz CT molecular complexity index is 880. The molecule has 3 aromatic heterocycles. The Hall–Kier alpha value is -1.84. The molecule has 0 aliphatic carbocycles. The molecule has 0 aromatic carbocycles. The molecule has 1 aliphatic rings. The summed E-state index contributed by atoms with van der Waals surface area (Å²) >= 11 is 3.20. The van der Waals surface area contributed by atoms with Gasteiger partial charge in [-0.1, -0.05) is 11.3 Å². The molecule has 0 spiro atoms. The lowest BCUT2D eigenvalue weighted by atomic mass is 10.0. The lowest BCUT2D eigenvalue weighted by Crippen LogP contribution is -2.42. The van der Waals surface area contributed by atoms with Crippen molar-refractivity contribution in [1.29, 1.82) is 0 Å². The van der Waals surface area contributed by atoms with E-state index in [1.807, 2.05) is 0 Å². The summed E-state index contributed by atoms with van der Waals surface area (Å²) in [5.74, 6) is 1.09. The van der Waals surface area contributed by atoms with Crippen LogP contribution in [0.3, 0.4) is 0 Å². The van der Waals surface area contributed by atoms with Crippen LogP contribution in [-0.4, -0.2) is 39.3 Å². The largest absolute Gasteiger partial charge is 0.374 e. The highest BCUT2D eigenvalue weighted by Gasteiger charge is 2.23. The molecule has 4 heterocycles. The van der Waals surface area contributed by atoms with Crippen LogP contribution < -0.4 is 16.0 Å². The van der Waals surface area contributed by atoms with E-state index in [2.05, 4.69) is 44.2 Å². The third-order valence-electron chi connectivity index (χ3n) is 4.76. The van der Waals surface area contributed by atoms with Crippen LogP contribution in [-0.2, 0) is 6.54 Å². The third-order valence-corrected chi connectivity index (χ3v) is 6.63. The Labute approximate surface area is 154 Å². The molecule has 4 rings (SSSR count). The van der Waals surface area contributed by atoms with Crippen LogP contribution in [0.1, 0.15) is 28.3 Å². The smallest absolute Gasteiger partial charge is 0.203 e. The number of anilines is 2. The molecule has 132 valence electrons. The number of thiophene rings is 1. The molecule has 1 saturated heterocycles. The first kappa shape index (κ1) is 16.6. The van der Waals surface area contributed by atoms with Gasteiger partial charge in [-0.3, -0.25) is 0 Å². The van der Waals surface area contributed by atoms with Gasteiger partial charge in [-0.2, -0.15) is 0 Å². The molecule has 25 heavy (non-hydrogen) atoms. The second kappa shape index (κ2) is 6.81. The van der Waals surface area contributed by atoms with Crippen molar-refractivity contribution in [2.24, 2.45) is 0 Å². The van der Waals surface area contributed by atoms with Crippen LogP contribution in [0.2, 0.25) is 0 Å². The number of aromatic nitrogens is 4. The lowest BCUT2D eigenvalue weighted by molar-refractivity contribution is 0.412. The number of rotatable bonds is 4. The topological polar surface area (TPSA) is 92.9 Å². The maximum Gasteiger partial charge on any atom is 0.203 e. The molecule has 1 aliphatic heterocycles. The van der Waals surface area contributed by atoms with E-state index in [1.165, 1.54) is 27.2 Å². The number of hydrogen-bond donors (Lipinski definition) is 2. The zero-order valence-corrected chi connectivity index (χ0v) is 16.0. The SMILES string of the molecule is Cc1sc2ncnc(N3CCC(NCc4nnc(N)s4)CC3)c2c1C. The second-order valence-electron chi connectivity index (χ2n) is 6.34. The van der Waals surface area contributed by atoms with Crippen molar-refractivity contribution in [3.05, 3.63) is 21.8 Å². The first-order valence-corrected chi connectivity index (χ1v) is 10.0. The minimum absolute atomic E-state index is 0.490. The first-order valence-electron chi connectivity index (χ1n) is 8.38. The standard InChI is InChI=1S/C16H21N7S2/c1-9-10(2)24-15-13(9)14(19-8-20-15)23-5-3-11(4-6-23)18-7-12-21-22-16(17)25-12/h8,11,18H,3-7H2,1-2H3,(H2,17,22). The fourth-order valence-corrected chi connectivity index (χ4v) is 4.82. The van der Waals surface area contributed by atoms with E-state index in [9.17, 15) is 0 Å². The Balaban J connectivity index is 1.42. The van der Waals surface area contributed by atoms with Gasteiger partial charge in [-0.15, -0.1) is 21.5 Å². The molecule has 0 saturated carbocycles. The van der Waals surface area contributed by atoms with Crippen molar-refractivity contribution in [3.63, 3.8) is 0 Å². The zero-order valence-electron chi connectivity index (χ0n) is 14.3. The molecule has 0 bridgehead atoms.